The maximum Gasteiger partial charge on any atom is 0.0139 e. The van der Waals surface area contributed by atoms with Gasteiger partial charge in [-0.25, -0.2) is 11.3 Å². The van der Waals surface area contributed by atoms with E-state index in [0.29, 0.717) is 0 Å². The average Bonchev–Trinajstić information content (AvgIpc) is 1.65. The molecule has 0 aromatic rings. The van der Waals surface area contributed by atoms with Crippen LogP contribution < -0.4 is 11.3 Å². The maximum absolute atomic E-state index is 4.97. The lowest BCUT2D eigenvalue weighted by Gasteiger charge is -2.05. The zero-order valence-electron chi connectivity index (χ0n) is 3.68. The number of hydrazine groups is 2. The van der Waals surface area contributed by atoms with Crippen molar-refractivity contribution in [1.29, 1.82) is 0 Å². The van der Waals surface area contributed by atoms with Crippen LogP contribution in [-0.4, -0.2) is 19.0 Å². The fourth-order valence-corrected chi connectivity index (χ4v) is 0.0707. The van der Waals surface area contributed by atoms with Crippen molar-refractivity contribution in [2.24, 2.45) is 10.9 Å². The Kier molecular flexibility index (Phi) is 2.35. The van der Waals surface area contributed by atoms with Crippen LogP contribution >= 0.6 is 0 Å². The van der Waals surface area contributed by atoms with E-state index in [1.807, 2.05) is 0 Å². The van der Waals surface area contributed by atoms with Crippen LogP contribution in [0.2, 0.25) is 0 Å². The normalized spacial score (nSPS) is 7.67. The van der Waals surface area contributed by atoms with Crippen molar-refractivity contribution in [1.82, 2.24) is 10.7 Å². The number of nitrogens with two attached hydrogens (primary N) is 1. The van der Waals surface area contributed by atoms with E-state index in [0.717, 1.165) is 5.23 Å². The molecular formula is C2H8N4. The van der Waals surface area contributed by atoms with Crippen LogP contribution in [0, 0.1) is 0 Å². The minimum absolute atomic E-state index is 1.01. The summed E-state index contributed by atoms with van der Waals surface area (Å²) in [5.41, 5.74) is 2.50. The molecular weight excluding hydrogens is 80.0 g/mol. The molecule has 0 rings (SSSR count). The van der Waals surface area contributed by atoms with Gasteiger partial charge in [-0.15, -0.1) is 0 Å². The molecule has 0 heterocycles. The molecule has 0 aliphatic heterocycles. The highest BCUT2D eigenvalue weighted by Gasteiger charge is 1.73. The first-order chi connectivity index (χ1) is 2.81. The Labute approximate surface area is 36.6 Å². The summed E-state index contributed by atoms with van der Waals surface area (Å²) in [5.74, 6) is 4.97. The zero-order chi connectivity index (χ0) is 4.99. The maximum atomic E-state index is 4.97. The molecule has 0 atom stereocenters. The van der Waals surface area contributed by atoms with Gasteiger partial charge >= 0.3 is 0 Å². The van der Waals surface area contributed by atoms with Gasteiger partial charge in [0.1, 0.15) is 0 Å². The molecule has 36 valence electrons. The van der Waals surface area contributed by atoms with Crippen molar-refractivity contribution in [3.05, 3.63) is 0 Å². The minimum Gasteiger partial charge on any atom is -0.216 e. The van der Waals surface area contributed by atoms with E-state index < -0.39 is 0 Å². The molecule has 0 unspecified atom stereocenters. The van der Waals surface area contributed by atoms with Gasteiger partial charge in [-0.2, -0.15) is 10.3 Å². The SMILES string of the molecule is C=NN(N)NC. The number of hydrogen-bond acceptors (Lipinski definition) is 4. The molecule has 0 aliphatic rings. The van der Waals surface area contributed by atoms with Gasteiger partial charge in [0, 0.05) is 13.8 Å². The summed E-state index contributed by atoms with van der Waals surface area (Å²) in [6.07, 6.45) is 0. The van der Waals surface area contributed by atoms with E-state index >= 15 is 0 Å². The Morgan fingerprint density at radius 1 is 2.00 bits per heavy atom. The predicted molar refractivity (Wildman–Crippen MR) is 24.6 cm³/mol. The summed E-state index contributed by atoms with van der Waals surface area (Å²) >= 11 is 0. The van der Waals surface area contributed by atoms with Crippen LogP contribution in [0.15, 0.2) is 5.10 Å². The van der Waals surface area contributed by atoms with E-state index in [1.165, 1.54) is 0 Å². The average molecular weight is 88.1 g/mol. The molecule has 0 radical (unpaired) electrons. The van der Waals surface area contributed by atoms with Crippen molar-refractivity contribution in [2.75, 3.05) is 7.05 Å². The smallest absolute Gasteiger partial charge is 0.0139 e. The second-order valence-electron chi connectivity index (χ2n) is 0.710. The molecule has 0 aliphatic carbocycles. The molecule has 0 aromatic heterocycles. The Balaban J connectivity index is 2.96. The third kappa shape index (κ3) is 1.68. The zero-order valence-corrected chi connectivity index (χ0v) is 3.68. The molecule has 0 spiro atoms. The Hall–Kier alpha value is -0.610. The van der Waals surface area contributed by atoms with Gasteiger partial charge in [-0.05, 0) is 0 Å². The minimum atomic E-state index is 1.01. The van der Waals surface area contributed by atoms with Crippen LogP contribution in [0.25, 0.3) is 0 Å². The van der Waals surface area contributed by atoms with Crippen molar-refractivity contribution >= 4 is 6.72 Å². The molecule has 0 amide bonds. The van der Waals surface area contributed by atoms with Gasteiger partial charge < -0.3 is 0 Å². The summed E-state index contributed by atoms with van der Waals surface area (Å²) < 4.78 is 0. The molecule has 4 heteroatoms. The number of hydrogen-bond donors (Lipinski definition) is 2. The van der Waals surface area contributed by atoms with E-state index in [1.54, 1.807) is 7.05 Å². The summed E-state index contributed by atoms with van der Waals surface area (Å²) in [7, 11) is 1.65. The van der Waals surface area contributed by atoms with E-state index in [2.05, 4.69) is 17.2 Å². The van der Waals surface area contributed by atoms with Gasteiger partial charge in [0.05, 0.1) is 0 Å². The lowest BCUT2D eigenvalue weighted by Crippen LogP contribution is -2.35. The number of nitrogens with one attached hydrogen (secondary N) is 1. The highest BCUT2D eigenvalue weighted by molar-refractivity contribution is 5.21. The second kappa shape index (κ2) is 2.62. The molecule has 0 fully saturated rings. The summed E-state index contributed by atoms with van der Waals surface area (Å²) in [4.78, 5) is 0. The summed E-state index contributed by atoms with van der Waals surface area (Å²) in [6.45, 7) is 3.12. The van der Waals surface area contributed by atoms with Gasteiger partial charge in [-0.3, -0.25) is 0 Å². The lowest BCUT2D eigenvalue weighted by molar-refractivity contribution is 0.227. The van der Waals surface area contributed by atoms with E-state index in [-0.39, 0.29) is 0 Å². The van der Waals surface area contributed by atoms with Crippen molar-refractivity contribution in [3.8, 4) is 0 Å². The van der Waals surface area contributed by atoms with Crippen LogP contribution in [0.5, 0.6) is 0 Å². The fraction of sp³-hybridized carbons (Fsp3) is 0.500. The second-order valence-corrected chi connectivity index (χ2v) is 0.710. The molecule has 0 bridgehead atoms. The number of rotatable bonds is 2. The monoisotopic (exact) mass is 88.1 g/mol. The number of nitrogens with zero attached hydrogens (tertiary/aromatic N) is 2. The van der Waals surface area contributed by atoms with Crippen molar-refractivity contribution in [3.63, 3.8) is 0 Å². The fourth-order valence-electron chi connectivity index (χ4n) is 0.0707. The van der Waals surface area contributed by atoms with E-state index in [4.69, 9.17) is 5.84 Å². The molecule has 0 aromatic carbocycles. The molecule has 6 heavy (non-hydrogen) atoms. The Morgan fingerprint density at radius 2 is 2.50 bits per heavy atom. The first-order valence-electron chi connectivity index (χ1n) is 1.50. The lowest BCUT2D eigenvalue weighted by atomic mass is 11.5. The van der Waals surface area contributed by atoms with Gasteiger partial charge in [-0.1, -0.05) is 0 Å². The van der Waals surface area contributed by atoms with Crippen molar-refractivity contribution in [2.45, 2.75) is 0 Å². The van der Waals surface area contributed by atoms with Crippen molar-refractivity contribution < 1.29 is 0 Å². The van der Waals surface area contributed by atoms with Gasteiger partial charge in [0.25, 0.3) is 0 Å². The van der Waals surface area contributed by atoms with Crippen LogP contribution in [0.1, 0.15) is 0 Å². The van der Waals surface area contributed by atoms with E-state index in [9.17, 15) is 0 Å². The quantitative estimate of drug-likeness (QED) is 0.256. The third-order valence-electron chi connectivity index (χ3n) is 0.381. The molecule has 4 nitrogen and oxygen atoms in total. The molecule has 0 saturated heterocycles. The molecule has 3 N–H and O–H groups in total. The Morgan fingerprint density at radius 3 is 2.50 bits per heavy atom. The van der Waals surface area contributed by atoms with Gasteiger partial charge in [0.15, 0.2) is 0 Å². The van der Waals surface area contributed by atoms with Crippen LogP contribution in [0.4, 0.5) is 0 Å². The standard InChI is InChI=1S/C2H8N4/c1-4-6(3)5-2/h5H,1,3H2,2H3. The Bertz CT molecular complexity index is 42.8. The topological polar surface area (TPSA) is 53.6 Å². The van der Waals surface area contributed by atoms with Crippen LogP contribution in [0.3, 0.4) is 0 Å². The predicted octanol–water partition coefficient (Wildman–Crippen LogP) is -1.09. The first kappa shape index (κ1) is 5.39. The largest absolute Gasteiger partial charge is 0.216 e. The van der Waals surface area contributed by atoms with Gasteiger partial charge in [0.2, 0.25) is 0 Å². The van der Waals surface area contributed by atoms with Crippen LogP contribution in [-0.2, 0) is 0 Å². The third-order valence-corrected chi connectivity index (χ3v) is 0.381. The highest BCUT2D eigenvalue weighted by atomic mass is 15.8. The first-order valence-corrected chi connectivity index (χ1v) is 1.50. The summed E-state index contributed by atoms with van der Waals surface area (Å²) in [5, 5.41) is 4.27. The number of hydrazone groups is 1. The molecule has 0 saturated carbocycles. The highest BCUT2D eigenvalue weighted by Crippen LogP contribution is 1.56. The summed E-state index contributed by atoms with van der Waals surface area (Å²) in [6, 6.07) is 0.